The number of ether oxygens (including phenoxy) is 1. The highest BCUT2D eigenvalue weighted by Gasteiger charge is 2.28. The van der Waals surface area contributed by atoms with Crippen LogP contribution in [-0.2, 0) is 17.6 Å². The highest BCUT2D eigenvalue weighted by Crippen LogP contribution is 2.35. The maximum absolute atomic E-state index is 12.7. The summed E-state index contributed by atoms with van der Waals surface area (Å²) in [6.07, 6.45) is 2.40. The van der Waals surface area contributed by atoms with Gasteiger partial charge in [0.15, 0.2) is 0 Å². The van der Waals surface area contributed by atoms with Crippen LogP contribution in [0.1, 0.15) is 34.6 Å². The summed E-state index contributed by atoms with van der Waals surface area (Å²) in [7, 11) is 1.66. The van der Waals surface area contributed by atoms with Crippen molar-refractivity contribution in [3.63, 3.8) is 0 Å². The molecule has 3 rings (SSSR count). The Hall–Kier alpha value is -2.09. The van der Waals surface area contributed by atoms with Gasteiger partial charge in [-0.3, -0.25) is 4.79 Å². The number of ketones is 1. The van der Waals surface area contributed by atoms with Gasteiger partial charge < -0.3 is 4.74 Å². The number of benzene rings is 2. The minimum absolute atomic E-state index is 0.0476. The van der Waals surface area contributed by atoms with E-state index in [1.807, 2.05) is 25.1 Å². The molecule has 1 aliphatic rings. The van der Waals surface area contributed by atoms with E-state index in [4.69, 9.17) is 4.74 Å². The zero-order chi connectivity index (χ0) is 14.8. The summed E-state index contributed by atoms with van der Waals surface area (Å²) in [5, 5.41) is 0. The molecule has 0 aliphatic heterocycles. The van der Waals surface area contributed by atoms with E-state index in [9.17, 15) is 4.79 Å². The summed E-state index contributed by atoms with van der Waals surface area (Å²) >= 11 is 0. The molecule has 21 heavy (non-hydrogen) atoms. The average molecular weight is 280 g/mol. The summed E-state index contributed by atoms with van der Waals surface area (Å²) < 4.78 is 5.38. The minimum atomic E-state index is 0.0476. The van der Waals surface area contributed by atoms with E-state index in [0.717, 1.165) is 29.7 Å². The zero-order valence-electron chi connectivity index (χ0n) is 12.6. The number of carbonyl (C=O) groups excluding carboxylic acids is 1. The van der Waals surface area contributed by atoms with Crippen LogP contribution in [0.5, 0.6) is 5.75 Å². The number of aryl methyl sites for hydroxylation is 2. The van der Waals surface area contributed by atoms with Crippen molar-refractivity contribution in [1.29, 1.82) is 0 Å². The fourth-order valence-corrected chi connectivity index (χ4v) is 3.25. The Kier molecular flexibility index (Phi) is 3.78. The summed E-state index contributed by atoms with van der Waals surface area (Å²) in [4.78, 5) is 12.7. The van der Waals surface area contributed by atoms with E-state index in [1.54, 1.807) is 7.11 Å². The van der Waals surface area contributed by atoms with Gasteiger partial charge in [0.1, 0.15) is 11.5 Å². The van der Waals surface area contributed by atoms with Gasteiger partial charge in [0.05, 0.1) is 7.11 Å². The Bertz CT molecular complexity index is 673. The summed E-state index contributed by atoms with van der Waals surface area (Å²) in [5.41, 5.74) is 4.69. The quantitative estimate of drug-likeness (QED) is 0.850. The smallest absolute Gasteiger partial charge is 0.144 e. The molecule has 1 atom stereocenters. The predicted molar refractivity (Wildman–Crippen MR) is 83.9 cm³/mol. The first-order valence-corrected chi connectivity index (χ1v) is 7.43. The fourth-order valence-electron chi connectivity index (χ4n) is 3.25. The lowest BCUT2D eigenvalue weighted by atomic mass is 9.92. The molecule has 2 nitrogen and oxygen atoms in total. The van der Waals surface area contributed by atoms with Gasteiger partial charge in [-0.05, 0) is 37.0 Å². The van der Waals surface area contributed by atoms with Crippen molar-refractivity contribution in [2.24, 2.45) is 0 Å². The molecule has 0 amide bonds. The van der Waals surface area contributed by atoms with Crippen LogP contribution in [0, 0.1) is 6.92 Å². The van der Waals surface area contributed by atoms with Gasteiger partial charge in [-0.25, -0.2) is 0 Å². The van der Waals surface area contributed by atoms with Crippen LogP contribution in [0.2, 0.25) is 0 Å². The first-order valence-electron chi connectivity index (χ1n) is 7.43. The number of carbonyl (C=O) groups is 1. The van der Waals surface area contributed by atoms with Gasteiger partial charge in [-0.15, -0.1) is 0 Å². The fraction of sp³-hybridized carbons (Fsp3) is 0.316. The molecule has 2 aromatic carbocycles. The van der Waals surface area contributed by atoms with Gasteiger partial charge in [-0.2, -0.15) is 0 Å². The van der Waals surface area contributed by atoms with Crippen LogP contribution in [0.4, 0.5) is 0 Å². The lowest BCUT2D eigenvalue weighted by molar-refractivity contribution is -0.119. The van der Waals surface area contributed by atoms with Crippen molar-refractivity contribution in [3.8, 4) is 5.75 Å². The van der Waals surface area contributed by atoms with Gasteiger partial charge in [-0.1, -0.05) is 42.0 Å². The molecule has 0 radical (unpaired) electrons. The molecule has 0 fully saturated rings. The van der Waals surface area contributed by atoms with Crippen molar-refractivity contribution >= 4 is 5.78 Å². The number of fused-ring (bicyclic) bond motifs is 1. The minimum Gasteiger partial charge on any atom is -0.496 e. The summed E-state index contributed by atoms with van der Waals surface area (Å²) in [6, 6.07) is 14.3. The van der Waals surface area contributed by atoms with Crippen molar-refractivity contribution < 1.29 is 9.53 Å². The maximum atomic E-state index is 12.7. The number of rotatable bonds is 4. The normalized spacial score (nSPS) is 16.6. The third-order valence-corrected chi connectivity index (χ3v) is 4.32. The lowest BCUT2D eigenvalue weighted by Crippen LogP contribution is -2.13. The molecule has 0 bridgehead atoms. The van der Waals surface area contributed by atoms with Gasteiger partial charge in [0.25, 0.3) is 0 Å². The first-order chi connectivity index (χ1) is 10.2. The molecule has 0 aromatic heterocycles. The average Bonchev–Trinajstić information content (AvgIpc) is 2.91. The van der Waals surface area contributed by atoms with Crippen LogP contribution in [0.15, 0.2) is 42.5 Å². The SMILES string of the molecule is COc1ccc(C)cc1CC(=O)C1CCc2ccccc21. The second-order valence-corrected chi connectivity index (χ2v) is 5.75. The van der Waals surface area contributed by atoms with Crippen molar-refractivity contribution in [2.75, 3.05) is 7.11 Å². The first kappa shape index (κ1) is 13.9. The second kappa shape index (κ2) is 5.72. The van der Waals surface area contributed by atoms with Crippen LogP contribution in [0.25, 0.3) is 0 Å². The number of Topliss-reactive ketones (excluding diaryl/α,β-unsaturated/α-hetero) is 1. The predicted octanol–water partition coefficient (Wildman–Crippen LogP) is 3.85. The molecule has 1 unspecified atom stereocenters. The van der Waals surface area contributed by atoms with Gasteiger partial charge >= 0.3 is 0 Å². The van der Waals surface area contributed by atoms with Gasteiger partial charge in [0, 0.05) is 17.9 Å². The Morgan fingerprint density at radius 1 is 1.24 bits per heavy atom. The highest BCUT2D eigenvalue weighted by atomic mass is 16.5. The van der Waals surface area contributed by atoms with E-state index in [0.29, 0.717) is 12.2 Å². The van der Waals surface area contributed by atoms with E-state index >= 15 is 0 Å². The van der Waals surface area contributed by atoms with Crippen LogP contribution < -0.4 is 4.74 Å². The van der Waals surface area contributed by atoms with E-state index in [1.165, 1.54) is 11.1 Å². The van der Waals surface area contributed by atoms with E-state index in [-0.39, 0.29) is 5.92 Å². The Labute approximate surface area is 125 Å². The summed E-state index contributed by atoms with van der Waals surface area (Å²) in [6.45, 7) is 2.04. The molecule has 108 valence electrons. The third-order valence-electron chi connectivity index (χ3n) is 4.32. The standard InChI is InChI=1S/C19H20O2/c1-13-7-10-19(21-2)15(11-13)12-18(20)17-9-8-14-5-3-4-6-16(14)17/h3-7,10-11,17H,8-9,12H2,1-2H3. The molecule has 2 heteroatoms. The van der Waals surface area contributed by atoms with Crippen LogP contribution in [-0.4, -0.2) is 12.9 Å². The third kappa shape index (κ3) is 2.71. The number of hydrogen-bond donors (Lipinski definition) is 0. The molecule has 0 N–H and O–H groups in total. The van der Waals surface area contributed by atoms with Crippen LogP contribution >= 0.6 is 0 Å². The van der Waals surface area contributed by atoms with E-state index < -0.39 is 0 Å². The molecule has 2 aromatic rings. The topological polar surface area (TPSA) is 26.3 Å². The lowest BCUT2D eigenvalue weighted by Gasteiger charge is -2.13. The highest BCUT2D eigenvalue weighted by molar-refractivity contribution is 5.89. The number of hydrogen-bond acceptors (Lipinski definition) is 2. The molecule has 0 saturated carbocycles. The van der Waals surface area contributed by atoms with Crippen molar-refractivity contribution in [2.45, 2.75) is 32.1 Å². The van der Waals surface area contributed by atoms with Crippen LogP contribution in [0.3, 0.4) is 0 Å². The molecular weight excluding hydrogens is 260 g/mol. The second-order valence-electron chi connectivity index (χ2n) is 5.75. The molecule has 0 heterocycles. The molecule has 0 spiro atoms. The Morgan fingerprint density at radius 2 is 2.05 bits per heavy atom. The largest absolute Gasteiger partial charge is 0.496 e. The summed E-state index contributed by atoms with van der Waals surface area (Å²) in [5.74, 6) is 1.15. The molecular formula is C19H20O2. The van der Waals surface area contributed by atoms with Gasteiger partial charge in [0.2, 0.25) is 0 Å². The van der Waals surface area contributed by atoms with E-state index in [2.05, 4.69) is 24.3 Å². The zero-order valence-corrected chi connectivity index (χ0v) is 12.6. The number of methoxy groups -OCH3 is 1. The maximum Gasteiger partial charge on any atom is 0.144 e. The Balaban J connectivity index is 1.83. The Morgan fingerprint density at radius 3 is 2.86 bits per heavy atom. The van der Waals surface area contributed by atoms with Crippen molar-refractivity contribution in [3.05, 3.63) is 64.7 Å². The van der Waals surface area contributed by atoms with Crippen molar-refractivity contribution in [1.82, 2.24) is 0 Å². The molecule has 1 aliphatic carbocycles. The molecule has 0 saturated heterocycles. The monoisotopic (exact) mass is 280 g/mol.